The number of benzene rings is 2. The van der Waals surface area contributed by atoms with Crippen molar-refractivity contribution in [2.75, 3.05) is 35.0 Å². The number of ether oxygens (including phenoxy) is 4. The first-order valence-electron chi connectivity index (χ1n) is 7.95. The minimum Gasteiger partial charge on any atom is -0.497 e. The number of hydrogen-bond acceptors (Lipinski definition) is 5. The topological polar surface area (TPSA) is 66.0 Å². The van der Waals surface area contributed by atoms with Gasteiger partial charge in [-0.15, -0.1) is 0 Å². The molecule has 1 N–H and O–H groups in total. The fourth-order valence-corrected chi connectivity index (χ4v) is 3.11. The summed E-state index contributed by atoms with van der Waals surface area (Å²) in [7, 11) is 6.29. The first-order chi connectivity index (χ1) is 12.5. The molecule has 0 fully saturated rings. The Balaban J connectivity index is 2.07. The Hall–Kier alpha value is -2.41. The Morgan fingerprint density at radius 3 is 2.27 bits per heavy atom. The second-order valence-corrected chi connectivity index (χ2v) is 6.20. The van der Waals surface area contributed by atoms with Crippen LogP contribution in [0.3, 0.4) is 0 Å². The van der Waals surface area contributed by atoms with Crippen LogP contribution in [-0.4, -0.2) is 40.9 Å². The summed E-state index contributed by atoms with van der Waals surface area (Å²) in [5.41, 5.74) is 1.46. The van der Waals surface area contributed by atoms with E-state index < -0.39 is 0 Å². The maximum atomic E-state index is 12.4. The lowest BCUT2D eigenvalue weighted by molar-refractivity contribution is 0.0953. The van der Waals surface area contributed by atoms with Crippen molar-refractivity contribution in [2.45, 2.75) is 6.42 Å². The quantitative estimate of drug-likeness (QED) is 0.703. The number of amides is 1. The Morgan fingerprint density at radius 2 is 1.69 bits per heavy atom. The molecule has 0 aromatic heterocycles. The summed E-state index contributed by atoms with van der Waals surface area (Å²) in [5, 5.41) is 2.91. The highest BCUT2D eigenvalue weighted by Crippen LogP contribution is 2.39. The molecule has 0 spiro atoms. The average Bonchev–Trinajstić information content (AvgIpc) is 2.66. The number of hydrogen-bond donors (Lipinski definition) is 1. The van der Waals surface area contributed by atoms with Gasteiger partial charge in [-0.05, 0) is 46.6 Å². The molecule has 2 aromatic rings. The minimum atomic E-state index is -0.168. The molecule has 0 bridgehead atoms. The van der Waals surface area contributed by atoms with Crippen LogP contribution in [0.5, 0.6) is 23.0 Å². The van der Waals surface area contributed by atoms with Crippen LogP contribution in [0.1, 0.15) is 15.9 Å². The van der Waals surface area contributed by atoms with Crippen molar-refractivity contribution in [3.8, 4) is 23.0 Å². The van der Waals surface area contributed by atoms with Gasteiger partial charge in [0.2, 0.25) is 5.75 Å². The number of halogens is 1. The van der Waals surface area contributed by atoms with E-state index in [1.165, 1.54) is 0 Å². The Bertz CT molecular complexity index is 779. The van der Waals surface area contributed by atoms with E-state index in [9.17, 15) is 4.79 Å². The van der Waals surface area contributed by atoms with Crippen LogP contribution in [0.2, 0.25) is 0 Å². The van der Waals surface area contributed by atoms with Gasteiger partial charge in [-0.1, -0.05) is 6.07 Å². The molecule has 0 heterocycles. The molecule has 0 saturated heterocycles. The molecule has 0 aliphatic heterocycles. The number of methoxy groups -OCH3 is 4. The lowest BCUT2D eigenvalue weighted by Gasteiger charge is -2.16. The molecule has 2 aromatic carbocycles. The first kappa shape index (κ1) is 19.9. The van der Waals surface area contributed by atoms with Crippen LogP contribution in [0.25, 0.3) is 0 Å². The van der Waals surface area contributed by atoms with Crippen LogP contribution >= 0.6 is 15.9 Å². The normalized spacial score (nSPS) is 10.2. The van der Waals surface area contributed by atoms with Gasteiger partial charge in [0.05, 0.1) is 34.0 Å². The van der Waals surface area contributed by atoms with E-state index in [0.29, 0.717) is 46.0 Å². The van der Waals surface area contributed by atoms with Gasteiger partial charge in [-0.2, -0.15) is 0 Å². The van der Waals surface area contributed by atoms with Crippen LogP contribution in [0, 0.1) is 0 Å². The van der Waals surface area contributed by atoms with E-state index in [1.54, 1.807) is 46.6 Å². The van der Waals surface area contributed by atoms with Crippen molar-refractivity contribution in [3.63, 3.8) is 0 Å². The Labute approximate surface area is 161 Å². The number of rotatable bonds is 8. The number of nitrogens with one attached hydrogen (secondary N) is 1. The third-order valence-corrected chi connectivity index (χ3v) is 4.54. The van der Waals surface area contributed by atoms with Crippen LogP contribution < -0.4 is 24.3 Å². The maximum absolute atomic E-state index is 12.4. The van der Waals surface area contributed by atoms with Gasteiger partial charge < -0.3 is 24.3 Å². The smallest absolute Gasteiger partial charge is 0.252 e. The monoisotopic (exact) mass is 423 g/mol. The summed E-state index contributed by atoms with van der Waals surface area (Å²) in [6, 6.07) is 8.94. The predicted molar refractivity (Wildman–Crippen MR) is 103 cm³/mol. The molecular weight excluding hydrogens is 402 g/mol. The third-order valence-electron chi connectivity index (χ3n) is 3.89. The van der Waals surface area contributed by atoms with Crippen molar-refractivity contribution >= 4 is 21.8 Å². The molecule has 6 nitrogen and oxygen atoms in total. The third kappa shape index (κ3) is 4.40. The van der Waals surface area contributed by atoms with Crippen LogP contribution in [0.15, 0.2) is 34.8 Å². The lowest BCUT2D eigenvalue weighted by atomic mass is 10.1. The summed E-state index contributed by atoms with van der Waals surface area (Å²) >= 11 is 3.39. The van der Waals surface area contributed by atoms with Gasteiger partial charge in [0, 0.05) is 16.6 Å². The number of carbonyl (C=O) groups excluding carboxylic acids is 1. The van der Waals surface area contributed by atoms with Crippen molar-refractivity contribution in [1.29, 1.82) is 0 Å². The molecule has 2 rings (SSSR count). The number of carbonyl (C=O) groups is 1. The molecule has 1 amide bonds. The van der Waals surface area contributed by atoms with Gasteiger partial charge in [0.25, 0.3) is 5.91 Å². The standard InChI is InChI=1S/C19H22BrNO5/c1-23-13-6-7-14(15(20)11-13)19(22)21-10-9-12-5-8-16(24-2)18(26-4)17(12)25-3/h5-8,11H,9-10H2,1-4H3,(H,21,22). The average molecular weight is 424 g/mol. The summed E-state index contributed by atoms with van der Waals surface area (Å²) in [5.74, 6) is 2.25. The van der Waals surface area contributed by atoms with Crippen molar-refractivity contribution < 1.29 is 23.7 Å². The molecule has 0 saturated carbocycles. The van der Waals surface area contributed by atoms with Crippen LogP contribution in [-0.2, 0) is 6.42 Å². The second kappa shape index (κ2) is 9.33. The van der Waals surface area contributed by atoms with E-state index in [4.69, 9.17) is 18.9 Å². The van der Waals surface area contributed by atoms with E-state index >= 15 is 0 Å². The van der Waals surface area contributed by atoms with E-state index in [0.717, 1.165) is 5.56 Å². The van der Waals surface area contributed by atoms with E-state index in [1.807, 2.05) is 12.1 Å². The lowest BCUT2D eigenvalue weighted by Crippen LogP contribution is -2.26. The Morgan fingerprint density at radius 1 is 0.962 bits per heavy atom. The van der Waals surface area contributed by atoms with E-state index in [2.05, 4.69) is 21.2 Å². The van der Waals surface area contributed by atoms with Gasteiger partial charge >= 0.3 is 0 Å². The van der Waals surface area contributed by atoms with Gasteiger partial charge in [0.15, 0.2) is 11.5 Å². The first-order valence-corrected chi connectivity index (χ1v) is 8.74. The molecule has 0 unspecified atom stereocenters. The van der Waals surface area contributed by atoms with Gasteiger partial charge in [-0.25, -0.2) is 0 Å². The largest absolute Gasteiger partial charge is 0.497 e. The highest BCUT2D eigenvalue weighted by atomic mass is 79.9. The molecular formula is C19H22BrNO5. The maximum Gasteiger partial charge on any atom is 0.252 e. The summed E-state index contributed by atoms with van der Waals surface area (Å²) < 4.78 is 21.9. The van der Waals surface area contributed by atoms with E-state index in [-0.39, 0.29) is 5.91 Å². The van der Waals surface area contributed by atoms with Gasteiger partial charge in [-0.3, -0.25) is 4.79 Å². The Kier molecular flexibility index (Phi) is 7.15. The zero-order chi connectivity index (χ0) is 19.1. The highest BCUT2D eigenvalue weighted by Gasteiger charge is 2.16. The van der Waals surface area contributed by atoms with Crippen molar-refractivity contribution in [2.24, 2.45) is 0 Å². The second-order valence-electron chi connectivity index (χ2n) is 5.35. The highest BCUT2D eigenvalue weighted by molar-refractivity contribution is 9.10. The summed E-state index contributed by atoms with van der Waals surface area (Å²) in [4.78, 5) is 12.4. The molecule has 7 heteroatoms. The minimum absolute atomic E-state index is 0.168. The zero-order valence-corrected chi connectivity index (χ0v) is 16.8. The molecule has 26 heavy (non-hydrogen) atoms. The molecule has 0 atom stereocenters. The van der Waals surface area contributed by atoms with Crippen molar-refractivity contribution in [3.05, 3.63) is 45.9 Å². The molecule has 0 aliphatic carbocycles. The fourth-order valence-electron chi connectivity index (χ4n) is 2.57. The van der Waals surface area contributed by atoms with Crippen molar-refractivity contribution in [1.82, 2.24) is 5.32 Å². The molecule has 0 radical (unpaired) electrons. The molecule has 0 aliphatic rings. The zero-order valence-electron chi connectivity index (χ0n) is 15.2. The SMILES string of the molecule is COc1ccc(C(=O)NCCc2ccc(OC)c(OC)c2OC)c(Br)c1. The summed E-state index contributed by atoms with van der Waals surface area (Å²) in [6.45, 7) is 0.448. The predicted octanol–water partition coefficient (Wildman–Crippen LogP) is 3.46. The summed E-state index contributed by atoms with van der Waals surface area (Å²) in [6.07, 6.45) is 0.586. The molecule has 140 valence electrons. The van der Waals surface area contributed by atoms with Crippen LogP contribution in [0.4, 0.5) is 0 Å². The fraction of sp³-hybridized carbons (Fsp3) is 0.316. The van der Waals surface area contributed by atoms with Gasteiger partial charge in [0.1, 0.15) is 5.75 Å².